The number of pyridine rings is 1. The molecule has 28 heavy (non-hydrogen) atoms. The van der Waals surface area contributed by atoms with E-state index >= 15 is 0 Å². The van der Waals surface area contributed by atoms with Crippen LogP contribution in [0.5, 0.6) is 0 Å². The number of carbonyl (C=O) groups excluding carboxylic acids is 1. The number of para-hydroxylation sites is 1. The predicted octanol–water partition coefficient (Wildman–Crippen LogP) is 3.61. The average molecular weight is 368 g/mol. The first-order valence-corrected chi connectivity index (χ1v) is 8.66. The molecule has 0 aliphatic heterocycles. The number of anilines is 1. The molecule has 4 aromatic rings. The summed E-state index contributed by atoms with van der Waals surface area (Å²) < 4.78 is 1.61. The van der Waals surface area contributed by atoms with E-state index in [0.717, 1.165) is 16.6 Å². The Morgan fingerprint density at radius 2 is 1.86 bits per heavy atom. The molecule has 2 aromatic carbocycles. The first kappa shape index (κ1) is 17.2. The zero-order valence-electron chi connectivity index (χ0n) is 14.8. The summed E-state index contributed by atoms with van der Waals surface area (Å²) >= 11 is 0. The van der Waals surface area contributed by atoms with Gasteiger partial charge < -0.3 is 10.6 Å². The molecule has 0 saturated carbocycles. The lowest BCUT2D eigenvalue weighted by Crippen LogP contribution is -2.28. The van der Waals surface area contributed by atoms with E-state index < -0.39 is 0 Å². The maximum Gasteiger partial charge on any atom is 0.319 e. The van der Waals surface area contributed by atoms with Crippen LogP contribution in [0.4, 0.5) is 10.5 Å². The molecule has 0 radical (unpaired) electrons. The third kappa shape index (κ3) is 3.52. The summed E-state index contributed by atoms with van der Waals surface area (Å²) in [6, 6.07) is 20.3. The first-order chi connectivity index (χ1) is 13.7. The van der Waals surface area contributed by atoms with Gasteiger partial charge in [-0.1, -0.05) is 18.2 Å². The van der Waals surface area contributed by atoms with Crippen LogP contribution in [0, 0.1) is 11.3 Å². The Morgan fingerprint density at radius 1 is 1.07 bits per heavy atom. The number of urea groups is 1. The SMILES string of the molecule is N#Cc1c2ccc(NC(=O)NCc3ccncc3)cc2nn1-c1ccccc1. The van der Waals surface area contributed by atoms with Gasteiger partial charge in [0.05, 0.1) is 11.2 Å². The second-order valence-electron chi connectivity index (χ2n) is 6.10. The van der Waals surface area contributed by atoms with Crippen LogP contribution < -0.4 is 10.6 Å². The molecule has 0 aliphatic rings. The quantitative estimate of drug-likeness (QED) is 0.575. The summed E-state index contributed by atoms with van der Waals surface area (Å²) in [5.74, 6) is 0. The van der Waals surface area contributed by atoms with E-state index in [1.54, 1.807) is 35.3 Å². The highest BCUT2D eigenvalue weighted by Crippen LogP contribution is 2.24. The van der Waals surface area contributed by atoms with Crippen LogP contribution >= 0.6 is 0 Å². The number of hydrogen-bond donors (Lipinski definition) is 2. The number of nitriles is 1. The van der Waals surface area contributed by atoms with Crippen molar-refractivity contribution >= 4 is 22.6 Å². The molecule has 4 rings (SSSR count). The number of nitrogens with one attached hydrogen (secondary N) is 2. The van der Waals surface area contributed by atoms with Gasteiger partial charge in [-0.05, 0) is 48.0 Å². The van der Waals surface area contributed by atoms with E-state index in [1.165, 1.54) is 0 Å². The summed E-state index contributed by atoms with van der Waals surface area (Å²) in [6.07, 6.45) is 3.36. The number of benzene rings is 2. The van der Waals surface area contributed by atoms with Crippen molar-refractivity contribution in [3.8, 4) is 11.8 Å². The van der Waals surface area contributed by atoms with Crippen molar-refractivity contribution in [1.29, 1.82) is 5.26 Å². The molecule has 0 saturated heterocycles. The van der Waals surface area contributed by atoms with Gasteiger partial charge in [-0.15, -0.1) is 0 Å². The van der Waals surface area contributed by atoms with E-state index in [-0.39, 0.29) is 6.03 Å². The van der Waals surface area contributed by atoms with Crippen LogP contribution in [0.1, 0.15) is 11.3 Å². The second kappa shape index (κ2) is 7.60. The Morgan fingerprint density at radius 3 is 2.61 bits per heavy atom. The monoisotopic (exact) mass is 368 g/mol. The fraction of sp³-hybridized carbons (Fsp3) is 0.0476. The zero-order chi connectivity index (χ0) is 19.3. The van der Waals surface area contributed by atoms with E-state index in [9.17, 15) is 10.1 Å². The Labute approximate surface area is 161 Å². The summed E-state index contributed by atoms with van der Waals surface area (Å²) in [6.45, 7) is 0.401. The highest BCUT2D eigenvalue weighted by Gasteiger charge is 2.13. The van der Waals surface area contributed by atoms with Crippen molar-refractivity contribution in [1.82, 2.24) is 20.1 Å². The van der Waals surface area contributed by atoms with Gasteiger partial charge in [0.15, 0.2) is 5.69 Å². The highest BCUT2D eigenvalue weighted by molar-refractivity contribution is 5.93. The summed E-state index contributed by atoms with van der Waals surface area (Å²) in [5, 5.41) is 20.4. The number of aromatic nitrogens is 3. The van der Waals surface area contributed by atoms with Gasteiger partial charge in [0.2, 0.25) is 0 Å². The molecule has 0 aliphatic carbocycles. The first-order valence-electron chi connectivity index (χ1n) is 8.66. The number of hydrogen-bond acceptors (Lipinski definition) is 4. The van der Waals surface area contributed by atoms with Crippen LogP contribution in [0.3, 0.4) is 0 Å². The van der Waals surface area contributed by atoms with Crippen molar-refractivity contribution < 1.29 is 4.79 Å². The second-order valence-corrected chi connectivity index (χ2v) is 6.10. The molecule has 7 heteroatoms. The Balaban J connectivity index is 1.55. The molecule has 7 nitrogen and oxygen atoms in total. The minimum absolute atomic E-state index is 0.320. The molecular weight excluding hydrogens is 352 g/mol. The van der Waals surface area contributed by atoms with Crippen LogP contribution in [0.25, 0.3) is 16.6 Å². The summed E-state index contributed by atoms with van der Waals surface area (Å²) in [7, 11) is 0. The van der Waals surface area contributed by atoms with Gasteiger partial charge in [-0.25, -0.2) is 9.48 Å². The smallest absolute Gasteiger partial charge is 0.319 e. The standard InChI is InChI=1S/C21H16N6O/c22-13-20-18-7-6-16(25-21(28)24-14-15-8-10-23-11-9-15)12-19(18)26-27(20)17-4-2-1-3-5-17/h1-12H,14H2,(H2,24,25,28). The molecule has 0 fully saturated rings. The normalized spacial score (nSPS) is 10.4. The molecule has 136 valence electrons. The third-order valence-corrected chi connectivity index (χ3v) is 4.24. The molecular formula is C21H16N6O. The lowest BCUT2D eigenvalue weighted by Gasteiger charge is -2.07. The minimum Gasteiger partial charge on any atom is -0.334 e. The van der Waals surface area contributed by atoms with Crippen molar-refractivity contribution in [3.05, 3.63) is 84.3 Å². The van der Waals surface area contributed by atoms with Crippen LogP contribution in [0.15, 0.2) is 73.1 Å². The fourth-order valence-electron chi connectivity index (χ4n) is 2.89. The number of rotatable bonds is 4. The Kier molecular flexibility index (Phi) is 4.68. The van der Waals surface area contributed by atoms with E-state index in [0.29, 0.717) is 23.4 Å². The molecule has 2 heterocycles. The maximum atomic E-state index is 12.2. The van der Waals surface area contributed by atoms with Crippen molar-refractivity contribution in [2.75, 3.05) is 5.32 Å². The Bertz CT molecular complexity index is 1160. The molecule has 0 bridgehead atoms. The van der Waals surface area contributed by atoms with Crippen LogP contribution in [-0.4, -0.2) is 20.8 Å². The van der Waals surface area contributed by atoms with Crippen LogP contribution in [0.2, 0.25) is 0 Å². The van der Waals surface area contributed by atoms with Crippen LogP contribution in [-0.2, 0) is 6.54 Å². The molecule has 0 spiro atoms. The summed E-state index contributed by atoms with van der Waals surface area (Å²) in [4.78, 5) is 16.1. The number of nitrogens with zero attached hydrogens (tertiary/aromatic N) is 4. The fourth-order valence-corrected chi connectivity index (χ4v) is 2.89. The third-order valence-electron chi connectivity index (χ3n) is 4.24. The number of fused-ring (bicyclic) bond motifs is 1. The van der Waals surface area contributed by atoms with E-state index in [2.05, 4.69) is 26.8 Å². The van der Waals surface area contributed by atoms with Gasteiger partial charge in [-0.2, -0.15) is 10.4 Å². The van der Waals surface area contributed by atoms with Gasteiger partial charge in [-0.3, -0.25) is 4.98 Å². The number of amides is 2. The molecule has 0 unspecified atom stereocenters. The molecule has 0 atom stereocenters. The molecule has 2 aromatic heterocycles. The zero-order valence-corrected chi connectivity index (χ0v) is 14.8. The van der Waals surface area contributed by atoms with Gasteiger partial charge in [0.1, 0.15) is 6.07 Å². The molecule has 2 N–H and O–H groups in total. The van der Waals surface area contributed by atoms with Gasteiger partial charge in [0.25, 0.3) is 0 Å². The lowest BCUT2D eigenvalue weighted by molar-refractivity contribution is 0.251. The van der Waals surface area contributed by atoms with Gasteiger partial charge in [0, 0.05) is 30.0 Å². The number of carbonyl (C=O) groups is 1. The lowest BCUT2D eigenvalue weighted by atomic mass is 10.2. The predicted molar refractivity (Wildman–Crippen MR) is 106 cm³/mol. The minimum atomic E-state index is -0.320. The highest BCUT2D eigenvalue weighted by atomic mass is 16.2. The Hall–Kier alpha value is -4.18. The van der Waals surface area contributed by atoms with Gasteiger partial charge >= 0.3 is 6.03 Å². The average Bonchev–Trinajstić information content (AvgIpc) is 3.11. The maximum absolute atomic E-state index is 12.2. The van der Waals surface area contributed by atoms with E-state index in [1.807, 2.05) is 42.5 Å². The van der Waals surface area contributed by atoms with Crippen molar-refractivity contribution in [3.63, 3.8) is 0 Å². The molecule has 2 amide bonds. The topological polar surface area (TPSA) is 95.6 Å². The summed E-state index contributed by atoms with van der Waals surface area (Å²) in [5.41, 5.74) is 3.45. The van der Waals surface area contributed by atoms with Crippen molar-refractivity contribution in [2.24, 2.45) is 0 Å². The largest absolute Gasteiger partial charge is 0.334 e. The van der Waals surface area contributed by atoms with Crippen molar-refractivity contribution in [2.45, 2.75) is 6.54 Å². The van der Waals surface area contributed by atoms with E-state index in [4.69, 9.17) is 0 Å².